The number of rotatable bonds is 1. The topological polar surface area (TPSA) is 9.23 Å². The van der Waals surface area contributed by atoms with Gasteiger partial charge in [0.1, 0.15) is 0 Å². The summed E-state index contributed by atoms with van der Waals surface area (Å²) in [6.07, 6.45) is 0. The van der Waals surface area contributed by atoms with Gasteiger partial charge in [-0.1, -0.05) is 38.9 Å². The molecule has 0 saturated carbocycles. The monoisotopic (exact) mass is 202 g/mol. The van der Waals surface area contributed by atoms with Crippen LogP contribution in [0.1, 0.15) is 44.7 Å². The summed E-state index contributed by atoms with van der Waals surface area (Å²) in [5.41, 5.74) is 3.99. The van der Waals surface area contributed by atoms with Crippen LogP contribution in [0.3, 0.4) is 0 Å². The van der Waals surface area contributed by atoms with E-state index in [1.165, 1.54) is 16.6 Å². The molecule has 1 aromatic rings. The van der Waals surface area contributed by atoms with Crippen molar-refractivity contribution < 1.29 is 4.65 Å². The fourth-order valence-corrected chi connectivity index (χ4v) is 2.38. The quantitative estimate of drug-likeness (QED) is 0.636. The van der Waals surface area contributed by atoms with E-state index in [0.29, 0.717) is 5.92 Å². The van der Waals surface area contributed by atoms with Crippen LogP contribution in [0.4, 0.5) is 0 Å². The van der Waals surface area contributed by atoms with Gasteiger partial charge in [0.05, 0.1) is 5.60 Å². The van der Waals surface area contributed by atoms with Gasteiger partial charge in [-0.15, -0.1) is 0 Å². The van der Waals surface area contributed by atoms with Gasteiger partial charge in [0.2, 0.25) is 0 Å². The Morgan fingerprint density at radius 1 is 1.27 bits per heavy atom. The molecule has 0 aromatic heterocycles. The van der Waals surface area contributed by atoms with E-state index in [-0.39, 0.29) is 12.5 Å². The predicted octanol–water partition coefficient (Wildman–Crippen LogP) is 2.90. The summed E-state index contributed by atoms with van der Waals surface area (Å²) < 4.78 is 5.95. The Labute approximate surface area is 93.0 Å². The van der Waals surface area contributed by atoms with Gasteiger partial charge in [-0.25, -0.2) is 0 Å². The zero-order valence-electron chi connectivity index (χ0n) is 10.3. The zero-order valence-corrected chi connectivity index (χ0v) is 10.3. The lowest BCUT2D eigenvalue weighted by Gasteiger charge is -2.21. The van der Waals surface area contributed by atoms with Crippen LogP contribution in [0.25, 0.3) is 0 Å². The molecule has 1 aromatic carbocycles. The summed E-state index contributed by atoms with van der Waals surface area (Å²) >= 11 is 0. The molecule has 0 fully saturated rings. The van der Waals surface area contributed by atoms with E-state index in [1.807, 2.05) is 0 Å². The number of hydrogen-bond acceptors (Lipinski definition) is 1. The third kappa shape index (κ3) is 1.72. The van der Waals surface area contributed by atoms with Crippen molar-refractivity contribution in [2.75, 3.05) is 0 Å². The Bertz CT molecular complexity index is 382. The SMILES string of the molecule is CB1OC(C)(C)c2cc(C(C)C)ccc21. The highest BCUT2D eigenvalue weighted by Gasteiger charge is 2.37. The van der Waals surface area contributed by atoms with Gasteiger partial charge in [-0.05, 0) is 36.4 Å². The molecule has 80 valence electrons. The van der Waals surface area contributed by atoms with Crippen molar-refractivity contribution in [3.63, 3.8) is 0 Å². The molecule has 0 radical (unpaired) electrons. The minimum absolute atomic E-state index is 0.125. The average Bonchev–Trinajstić information content (AvgIpc) is 2.37. The molecule has 2 heteroatoms. The van der Waals surface area contributed by atoms with Gasteiger partial charge < -0.3 is 4.65 Å². The minimum Gasteiger partial charge on any atom is -0.422 e. The molecular formula is C13H19BO. The summed E-state index contributed by atoms with van der Waals surface area (Å²) in [6.45, 7) is 11.1. The van der Waals surface area contributed by atoms with Crippen molar-refractivity contribution in [3.8, 4) is 0 Å². The van der Waals surface area contributed by atoms with Crippen LogP contribution in [0, 0.1) is 0 Å². The smallest absolute Gasteiger partial charge is 0.325 e. The van der Waals surface area contributed by atoms with Crippen molar-refractivity contribution in [3.05, 3.63) is 29.3 Å². The Morgan fingerprint density at radius 3 is 2.53 bits per heavy atom. The lowest BCUT2D eigenvalue weighted by Crippen LogP contribution is -2.24. The van der Waals surface area contributed by atoms with Gasteiger partial charge in [0.15, 0.2) is 0 Å². The summed E-state index contributed by atoms with van der Waals surface area (Å²) in [6, 6.07) is 6.76. The normalized spacial score (nSPS) is 18.4. The van der Waals surface area contributed by atoms with Crippen LogP contribution in [0.2, 0.25) is 6.82 Å². The highest BCUT2D eigenvalue weighted by atomic mass is 16.5. The summed E-state index contributed by atoms with van der Waals surface area (Å²) in [5.74, 6) is 0.585. The molecule has 0 amide bonds. The van der Waals surface area contributed by atoms with E-state index in [2.05, 4.69) is 52.7 Å². The maximum absolute atomic E-state index is 5.95. The molecule has 1 nitrogen and oxygen atoms in total. The summed E-state index contributed by atoms with van der Waals surface area (Å²) in [4.78, 5) is 0. The Balaban J connectivity index is 2.52. The molecule has 0 aliphatic carbocycles. The molecule has 2 rings (SSSR count). The lowest BCUT2D eigenvalue weighted by molar-refractivity contribution is 0.124. The van der Waals surface area contributed by atoms with Gasteiger partial charge in [0, 0.05) is 0 Å². The molecule has 1 aliphatic heterocycles. The van der Waals surface area contributed by atoms with Gasteiger partial charge in [-0.2, -0.15) is 0 Å². The van der Waals surface area contributed by atoms with Gasteiger partial charge in [-0.3, -0.25) is 0 Å². The van der Waals surface area contributed by atoms with Crippen LogP contribution >= 0.6 is 0 Å². The van der Waals surface area contributed by atoms with Gasteiger partial charge >= 0.3 is 6.92 Å². The Morgan fingerprint density at radius 2 is 1.93 bits per heavy atom. The van der Waals surface area contributed by atoms with E-state index in [9.17, 15) is 0 Å². The fourth-order valence-electron chi connectivity index (χ4n) is 2.38. The van der Waals surface area contributed by atoms with E-state index in [4.69, 9.17) is 4.65 Å². The zero-order chi connectivity index (χ0) is 11.2. The molecule has 0 atom stereocenters. The molecule has 15 heavy (non-hydrogen) atoms. The molecule has 0 N–H and O–H groups in total. The molecule has 0 saturated heterocycles. The maximum Gasteiger partial charge on any atom is 0.325 e. The largest absolute Gasteiger partial charge is 0.422 e. The molecule has 1 heterocycles. The molecule has 0 unspecified atom stereocenters. The van der Waals surface area contributed by atoms with Crippen LogP contribution in [-0.4, -0.2) is 6.92 Å². The number of hydrogen-bond donors (Lipinski definition) is 0. The second-order valence-corrected chi connectivity index (χ2v) is 5.27. The Hall–Kier alpha value is -0.755. The standard InChI is InChI=1S/C13H19BO/c1-9(2)10-6-7-12-11(8-10)13(3,4)15-14(12)5/h6-9H,1-5H3. The number of fused-ring (bicyclic) bond motifs is 1. The van der Waals surface area contributed by atoms with Gasteiger partial charge in [0.25, 0.3) is 0 Å². The fraction of sp³-hybridized carbons (Fsp3) is 0.538. The van der Waals surface area contributed by atoms with E-state index >= 15 is 0 Å². The Kier molecular flexibility index (Phi) is 2.42. The van der Waals surface area contributed by atoms with Crippen LogP contribution in [-0.2, 0) is 10.3 Å². The van der Waals surface area contributed by atoms with Crippen molar-refractivity contribution in [1.82, 2.24) is 0 Å². The third-order valence-corrected chi connectivity index (χ3v) is 3.30. The van der Waals surface area contributed by atoms with E-state index in [1.54, 1.807) is 0 Å². The van der Waals surface area contributed by atoms with Crippen molar-refractivity contribution in [2.24, 2.45) is 0 Å². The lowest BCUT2D eigenvalue weighted by atomic mass is 9.64. The first-order valence-corrected chi connectivity index (χ1v) is 5.74. The predicted molar refractivity (Wildman–Crippen MR) is 65.9 cm³/mol. The first-order chi connectivity index (χ1) is 6.92. The first-order valence-electron chi connectivity index (χ1n) is 5.74. The highest BCUT2D eigenvalue weighted by Crippen LogP contribution is 2.32. The van der Waals surface area contributed by atoms with Crippen molar-refractivity contribution in [1.29, 1.82) is 0 Å². The molecular weight excluding hydrogens is 183 g/mol. The van der Waals surface area contributed by atoms with Crippen molar-refractivity contribution >= 4 is 12.4 Å². The highest BCUT2D eigenvalue weighted by molar-refractivity contribution is 6.67. The second-order valence-electron chi connectivity index (χ2n) is 5.27. The minimum atomic E-state index is -0.125. The second kappa shape index (κ2) is 3.38. The van der Waals surface area contributed by atoms with Crippen LogP contribution in [0.15, 0.2) is 18.2 Å². The van der Waals surface area contributed by atoms with Crippen molar-refractivity contribution in [2.45, 2.75) is 46.0 Å². The van der Waals surface area contributed by atoms with Crippen LogP contribution in [0.5, 0.6) is 0 Å². The van der Waals surface area contributed by atoms with Crippen LogP contribution < -0.4 is 5.46 Å². The molecule has 0 spiro atoms. The first kappa shape index (κ1) is 10.8. The molecule has 0 bridgehead atoms. The third-order valence-electron chi connectivity index (χ3n) is 3.30. The molecule has 1 aliphatic rings. The number of benzene rings is 1. The van der Waals surface area contributed by atoms with E-state index < -0.39 is 0 Å². The average molecular weight is 202 g/mol. The summed E-state index contributed by atoms with van der Waals surface area (Å²) in [5, 5.41) is 0. The van der Waals surface area contributed by atoms with E-state index in [0.717, 1.165) is 0 Å². The summed E-state index contributed by atoms with van der Waals surface area (Å²) in [7, 11) is 0. The maximum atomic E-state index is 5.95.